The molecule has 0 saturated heterocycles. The summed E-state index contributed by atoms with van der Waals surface area (Å²) in [5, 5.41) is 14.0. The maximum absolute atomic E-state index is 11.6. The molecule has 2 atom stereocenters. The number of nitrogens with one attached hydrogen (secondary N) is 2. The van der Waals surface area contributed by atoms with E-state index in [1.54, 1.807) is 0 Å². The van der Waals surface area contributed by atoms with Crippen molar-refractivity contribution in [3.05, 3.63) is 71.4 Å². The van der Waals surface area contributed by atoms with E-state index < -0.39 is 12.0 Å². The Balaban J connectivity index is 1.57. The molecule has 2 aromatic carbocycles. The normalized spacial score (nSPS) is 19.7. The Hall–Kier alpha value is -2.59. The van der Waals surface area contributed by atoms with Crippen molar-refractivity contribution in [2.24, 2.45) is 0 Å². The number of benzene rings is 2. The number of carboxylic acids is 1. The van der Waals surface area contributed by atoms with Crippen molar-refractivity contribution in [3.63, 3.8) is 0 Å². The number of rotatable bonds is 5. The number of carbonyl (C=O) groups is 1. The van der Waals surface area contributed by atoms with Gasteiger partial charge in [-0.25, -0.2) is 0 Å². The van der Waals surface area contributed by atoms with Gasteiger partial charge in [0, 0.05) is 29.1 Å². The molecule has 0 bridgehead atoms. The fraction of sp³-hybridized carbons (Fsp3) is 0.286. The second-order valence-corrected chi connectivity index (χ2v) is 6.75. The first-order valence-electron chi connectivity index (χ1n) is 8.84. The molecule has 3 N–H and O–H groups in total. The zero-order valence-corrected chi connectivity index (χ0v) is 14.0. The molecular weight excluding hydrogens is 312 g/mol. The standard InChI is InChI=1S/C21H22N2O2/c24-21(25)19-13-16-15-10-4-5-11-17(15)23-20(16)18(22-19)12-6-9-14-7-2-1-3-8-14/h1-5,7-8,10-11,18-19,22-23H,6,9,12-13H2,(H,24,25). The van der Waals surface area contributed by atoms with E-state index in [1.807, 2.05) is 18.2 Å². The van der Waals surface area contributed by atoms with Crippen LogP contribution in [0.3, 0.4) is 0 Å². The molecule has 0 aliphatic carbocycles. The summed E-state index contributed by atoms with van der Waals surface area (Å²) in [7, 11) is 0. The second-order valence-electron chi connectivity index (χ2n) is 6.75. The van der Waals surface area contributed by atoms with E-state index in [-0.39, 0.29) is 6.04 Å². The van der Waals surface area contributed by atoms with Crippen molar-refractivity contribution >= 4 is 16.9 Å². The number of fused-ring (bicyclic) bond motifs is 3. The molecule has 25 heavy (non-hydrogen) atoms. The van der Waals surface area contributed by atoms with Gasteiger partial charge >= 0.3 is 5.97 Å². The van der Waals surface area contributed by atoms with Gasteiger partial charge in [-0.3, -0.25) is 10.1 Å². The fourth-order valence-electron chi connectivity index (χ4n) is 3.87. The quantitative estimate of drug-likeness (QED) is 0.664. The Morgan fingerprint density at radius 1 is 1.08 bits per heavy atom. The van der Waals surface area contributed by atoms with E-state index in [4.69, 9.17) is 0 Å². The number of hydrogen-bond acceptors (Lipinski definition) is 2. The van der Waals surface area contributed by atoms with E-state index in [1.165, 1.54) is 5.56 Å². The molecule has 0 amide bonds. The third kappa shape index (κ3) is 3.17. The molecule has 2 unspecified atom stereocenters. The van der Waals surface area contributed by atoms with Crippen LogP contribution in [-0.2, 0) is 17.6 Å². The number of aryl methyl sites for hydroxylation is 1. The molecule has 4 nitrogen and oxygen atoms in total. The Kier molecular flexibility index (Phi) is 4.28. The van der Waals surface area contributed by atoms with Crippen LogP contribution in [0.1, 0.15) is 35.7 Å². The summed E-state index contributed by atoms with van der Waals surface area (Å²) < 4.78 is 0. The van der Waals surface area contributed by atoms with Crippen LogP contribution >= 0.6 is 0 Å². The molecule has 1 aliphatic rings. The van der Waals surface area contributed by atoms with Gasteiger partial charge in [0.25, 0.3) is 0 Å². The molecule has 0 radical (unpaired) electrons. The smallest absolute Gasteiger partial charge is 0.321 e. The molecule has 2 heterocycles. The van der Waals surface area contributed by atoms with Gasteiger partial charge in [0.2, 0.25) is 0 Å². The molecule has 0 spiro atoms. The first-order chi connectivity index (χ1) is 12.2. The Bertz CT molecular complexity index is 885. The van der Waals surface area contributed by atoms with Crippen molar-refractivity contribution in [2.45, 2.75) is 37.8 Å². The highest BCUT2D eigenvalue weighted by molar-refractivity contribution is 5.86. The monoisotopic (exact) mass is 334 g/mol. The predicted molar refractivity (Wildman–Crippen MR) is 98.7 cm³/mol. The van der Waals surface area contributed by atoms with Gasteiger partial charge in [-0.05, 0) is 36.5 Å². The molecule has 128 valence electrons. The summed E-state index contributed by atoms with van der Waals surface area (Å²) in [6.45, 7) is 0. The highest BCUT2D eigenvalue weighted by atomic mass is 16.4. The SMILES string of the molecule is O=C(O)C1Cc2c([nH]c3ccccc23)C(CCCc2ccccc2)N1. The number of aliphatic carboxylic acids is 1. The average Bonchev–Trinajstić information content (AvgIpc) is 3.01. The van der Waals surface area contributed by atoms with Crippen molar-refractivity contribution in [1.82, 2.24) is 10.3 Å². The van der Waals surface area contributed by atoms with Crippen LogP contribution in [0.5, 0.6) is 0 Å². The lowest BCUT2D eigenvalue weighted by Crippen LogP contribution is -2.44. The second kappa shape index (κ2) is 6.73. The third-order valence-corrected chi connectivity index (χ3v) is 5.10. The number of para-hydroxylation sites is 1. The lowest BCUT2D eigenvalue weighted by Gasteiger charge is -2.29. The van der Waals surface area contributed by atoms with Gasteiger partial charge in [-0.2, -0.15) is 0 Å². The molecular formula is C21H22N2O2. The van der Waals surface area contributed by atoms with Crippen LogP contribution in [0.2, 0.25) is 0 Å². The molecule has 4 rings (SSSR count). The molecule has 1 aromatic heterocycles. The van der Waals surface area contributed by atoms with E-state index in [0.29, 0.717) is 6.42 Å². The van der Waals surface area contributed by atoms with Crippen LogP contribution in [-0.4, -0.2) is 22.1 Å². The lowest BCUT2D eigenvalue weighted by molar-refractivity contribution is -0.139. The van der Waals surface area contributed by atoms with Gasteiger partial charge in [-0.1, -0.05) is 48.5 Å². The van der Waals surface area contributed by atoms with Gasteiger partial charge in [0.05, 0.1) is 0 Å². The van der Waals surface area contributed by atoms with E-state index in [2.05, 4.69) is 46.7 Å². The maximum Gasteiger partial charge on any atom is 0.321 e. The number of aromatic amines is 1. The van der Waals surface area contributed by atoms with Crippen molar-refractivity contribution in [1.29, 1.82) is 0 Å². The van der Waals surface area contributed by atoms with Gasteiger partial charge in [0.15, 0.2) is 0 Å². The molecule has 0 saturated carbocycles. The summed E-state index contributed by atoms with van der Waals surface area (Å²) in [5.41, 5.74) is 4.73. The van der Waals surface area contributed by atoms with Crippen molar-refractivity contribution < 1.29 is 9.90 Å². The van der Waals surface area contributed by atoms with Gasteiger partial charge in [-0.15, -0.1) is 0 Å². The predicted octanol–water partition coefficient (Wildman–Crippen LogP) is 3.83. The van der Waals surface area contributed by atoms with Crippen LogP contribution in [0.4, 0.5) is 0 Å². The van der Waals surface area contributed by atoms with E-state index >= 15 is 0 Å². The number of carboxylic acid groups (broad SMARTS) is 1. The van der Waals surface area contributed by atoms with E-state index in [0.717, 1.165) is 41.4 Å². The topological polar surface area (TPSA) is 65.1 Å². The highest BCUT2D eigenvalue weighted by Gasteiger charge is 2.32. The zero-order chi connectivity index (χ0) is 17.2. The van der Waals surface area contributed by atoms with E-state index in [9.17, 15) is 9.90 Å². The minimum Gasteiger partial charge on any atom is -0.480 e. The average molecular weight is 334 g/mol. The number of aromatic nitrogens is 1. The molecule has 3 aromatic rings. The Morgan fingerprint density at radius 2 is 1.84 bits per heavy atom. The summed E-state index contributed by atoms with van der Waals surface area (Å²) in [5.74, 6) is -0.774. The lowest BCUT2D eigenvalue weighted by atomic mass is 9.91. The zero-order valence-electron chi connectivity index (χ0n) is 14.0. The number of H-pyrrole nitrogens is 1. The summed E-state index contributed by atoms with van der Waals surface area (Å²) >= 11 is 0. The van der Waals surface area contributed by atoms with Crippen LogP contribution in [0.25, 0.3) is 10.9 Å². The van der Waals surface area contributed by atoms with Crippen molar-refractivity contribution in [2.75, 3.05) is 0 Å². The molecule has 4 heteroatoms. The largest absolute Gasteiger partial charge is 0.480 e. The van der Waals surface area contributed by atoms with Crippen molar-refractivity contribution in [3.8, 4) is 0 Å². The van der Waals surface area contributed by atoms with Crippen LogP contribution in [0.15, 0.2) is 54.6 Å². The third-order valence-electron chi connectivity index (χ3n) is 5.10. The summed E-state index contributed by atoms with van der Waals surface area (Å²) in [6.07, 6.45) is 3.47. The van der Waals surface area contributed by atoms with Crippen LogP contribution in [0, 0.1) is 0 Å². The first kappa shape index (κ1) is 15.9. The Labute approximate surface area is 146 Å². The molecule has 0 fully saturated rings. The molecule has 1 aliphatic heterocycles. The number of hydrogen-bond donors (Lipinski definition) is 3. The summed E-state index contributed by atoms with van der Waals surface area (Å²) in [6, 6.07) is 18.1. The maximum atomic E-state index is 11.6. The minimum atomic E-state index is -0.774. The van der Waals surface area contributed by atoms with Gasteiger partial charge < -0.3 is 10.1 Å². The summed E-state index contributed by atoms with van der Waals surface area (Å²) in [4.78, 5) is 15.1. The fourth-order valence-corrected chi connectivity index (χ4v) is 3.87. The Morgan fingerprint density at radius 3 is 2.64 bits per heavy atom. The van der Waals surface area contributed by atoms with Crippen LogP contribution < -0.4 is 5.32 Å². The highest BCUT2D eigenvalue weighted by Crippen LogP contribution is 2.34. The first-order valence-corrected chi connectivity index (χ1v) is 8.84. The minimum absolute atomic E-state index is 0.0564. The van der Waals surface area contributed by atoms with Gasteiger partial charge in [0.1, 0.15) is 6.04 Å².